The van der Waals surface area contributed by atoms with Crippen LogP contribution < -0.4 is 4.90 Å². The Balaban J connectivity index is 2.46. The van der Waals surface area contributed by atoms with Gasteiger partial charge in [0.25, 0.3) is 0 Å². The molecule has 60 valence electrons. The van der Waals surface area contributed by atoms with Gasteiger partial charge in [0.05, 0.1) is 25.7 Å². The highest BCUT2D eigenvalue weighted by molar-refractivity contribution is 4.70. The summed E-state index contributed by atoms with van der Waals surface area (Å²) in [7, 11) is 2.20. The lowest BCUT2D eigenvalue weighted by molar-refractivity contribution is -0.914. The summed E-state index contributed by atoms with van der Waals surface area (Å²) in [4.78, 5) is 1.55. The van der Waals surface area contributed by atoms with Gasteiger partial charge in [-0.2, -0.15) is 0 Å². The van der Waals surface area contributed by atoms with Gasteiger partial charge in [-0.3, -0.25) is 0 Å². The van der Waals surface area contributed by atoms with Crippen LogP contribution in [-0.2, 0) is 0 Å². The summed E-state index contributed by atoms with van der Waals surface area (Å²) in [6, 6.07) is 0.631. The zero-order chi connectivity index (χ0) is 7.72. The predicted octanol–water partition coefficient (Wildman–Crippen LogP) is -0.710. The lowest BCUT2D eigenvalue weighted by Gasteiger charge is -2.34. The summed E-state index contributed by atoms with van der Waals surface area (Å²) in [6.45, 7) is 5.44. The minimum atomic E-state index is -0.0568. The van der Waals surface area contributed by atoms with E-state index in [-0.39, 0.29) is 6.10 Å². The number of hydrogen-bond acceptors (Lipinski definition) is 1. The van der Waals surface area contributed by atoms with Crippen molar-refractivity contribution in [1.29, 1.82) is 0 Å². The van der Waals surface area contributed by atoms with Crippen molar-refractivity contribution < 1.29 is 10.0 Å². The molecule has 0 aliphatic carbocycles. The van der Waals surface area contributed by atoms with Crippen molar-refractivity contribution in [3.63, 3.8) is 0 Å². The number of piperidine rings is 1. The van der Waals surface area contributed by atoms with Crippen molar-refractivity contribution in [2.75, 3.05) is 13.6 Å². The van der Waals surface area contributed by atoms with Crippen LogP contribution in [0.5, 0.6) is 0 Å². The second-order valence-corrected chi connectivity index (χ2v) is 3.73. The van der Waals surface area contributed by atoms with Crippen molar-refractivity contribution in [2.24, 2.45) is 5.92 Å². The van der Waals surface area contributed by atoms with Crippen LogP contribution in [0.25, 0.3) is 0 Å². The van der Waals surface area contributed by atoms with Gasteiger partial charge >= 0.3 is 0 Å². The van der Waals surface area contributed by atoms with Gasteiger partial charge < -0.3 is 10.0 Å². The SMILES string of the molecule is C[C@@H]1C[NH+](C)[C@H](C)C[C@H]1O. The molecule has 1 unspecified atom stereocenters. The van der Waals surface area contributed by atoms with Crippen LogP contribution in [0.15, 0.2) is 0 Å². The summed E-state index contributed by atoms with van der Waals surface area (Å²) < 4.78 is 0. The third-order valence-electron chi connectivity index (χ3n) is 2.74. The molecule has 1 heterocycles. The van der Waals surface area contributed by atoms with Crippen molar-refractivity contribution in [1.82, 2.24) is 0 Å². The molecule has 0 spiro atoms. The first-order valence-corrected chi connectivity index (χ1v) is 4.11. The molecule has 1 saturated heterocycles. The Morgan fingerprint density at radius 3 is 2.50 bits per heavy atom. The van der Waals surface area contributed by atoms with Crippen LogP contribution in [0.2, 0.25) is 0 Å². The third-order valence-corrected chi connectivity index (χ3v) is 2.74. The minimum absolute atomic E-state index is 0.0568. The normalized spacial score (nSPS) is 49.2. The van der Waals surface area contributed by atoms with Gasteiger partial charge in [0.2, 0.25) is 0 Å². The number of nitrogens with one attached hydrogen (secondary N) is 1. The Morgan fingerprint density at radius 2 is 2.00 bits per heavy atom. The van der Waals surface area contributed by atoms with Crippen LogP contribution in [0.1, 0.15) is 20.3 Å². The summed E-state index contributed by atoms with van der Waals surface area (Å²) in [6.07, 6.45) is 0.909. The third kappa shape index (κ3) is 1.50. The quantitative estimate of drug-likeness (QED) is 0.461. The maximum Gasteiger partial charge on any atom is 0.0869 e. The molecule has 0 saturated carbocycles. The van der Waals surface area contributed by atoms with Crippen LogP contribution >= 0.6 is 0 Å². The van der Waals surface area contributed by atoms with E-state index in [9.17, 15) is 5.11 Å². The Bertz CT molecular complexity index is 89.8. The monoisotopic (exact) mass is 144 g/mol. The maximum absolute atomic E-state index is 9.45. The van der Waals surface area contributed by atoms with E-state index in [4.69, 9.17) is 0 Å². The van der Waals surface area contributed by atoms with Crippen LogP contribution in [0.4, 0.5) is 0 Å². The topological polar surface area (TPSA) is 24.7 Å². The van der Waals surface area contributed by atoms with E-state index < -0.39 is 0 Å². The summed E-state index contributed by atoms with van der Waals surface area (Å²) >= 11 is 0. The van der Waals surface area contributed by atoms with Crippen molar-refractivity contribution >= 4 is 0 Å². The standard InChI is InChI=1S/C8H17NO/c1-6-5-9(3)7(2)4-8(6)10/h6-8,10H,4-5H2,1-3H3/p+1/t6-,7-,8-/m1/s1. The van der Waals surface area contributed by atoms with Gasteiger partial charge in [0.1, 0.15) is 0 Å². The molecule has 0 radical (unpaired) electrons. The molecule has 4 atom stereocenters. The van der Waals surface area contributed by atoms with Gasteiger partial charge in [0, 0.05) is 12.3 Å². The summed E-state index contributed by atoms with van der Waals surface area (Å²) in [5.41, 5.74) is 0. The molecule has 1 aliphatic heterocycles. The van der Waals surface area contributed by atoms with E-state index in [1.54, 1.807) is 4.90 Å². The first kappa shape index (κ1) is 8.02. The molecule has 1 rings (SSSR count). The molecule has 0 bridgehead atoms. The highest BCUT2D eigenvalue weighted by Gasteiger charge is 2.30. The number of rotatable bonds is 0. The second-order valence-electron chi connectivity index (χ2n) is 3.73. The van der Waals surface area contributed by atoms with E-state index in [1.165, 1.54) is 0 Å². The lowest BCUT2D eigenvalue weighted by atomic mass is 9.93. The molecule has 2 N–H and O–H groups in total. The zero-order valence-corrected chi connectivity index (χ0v) is 7.09. The van der Waals surface area contributed by atoms with Gasteiger partial charge in [0.15, 0.2) is 0 Å². The van der Waals surface area contributed by atoms with E-state index >= 15 is 0 Å². The average Bonchev–Trinajstić information content (AvgIpc) is 1.84. The van der Waals surface area contributed by atoms with E-state index in [0.29, 0.717) is 12.0 Å². The van der Waals surface area contributed by atoms with Gasteiger partial charge in [-0.15, -0.1) is 0 Å². The molecule has 10 heavy (non-hydrogen) atoms. The Kier molecular flexibility index (Phi) is 2.32. The van der Waals surface area contributed by atoms with E-state index in [1.807, 2.05) is 0 Å². The van der Waals surface area contributed by atoms with Crippen LogP contribution in [0, 0.1) is 5.92 Å². The zero-order valence-electron chi connectivity index (χ0n) is 7.09. The van der Waals surface area contributed by atoms with Gasteiger partial charge in [-0.05, 0) is 6.92 Å². The number of quaternary nitrogens is 1. The first-order valence-electron chi connectivity index (χ1n) is 4.11. The summed E-state index contributed by atoms with van der Waals surface area (Å²) in [5.74, 6) is 0.483. The summed E-state index contributed by atoms with van der Waals surface area (Å²) in [5, 5.41) is 9.45. The lowest BCUT2D eigenvalue weighted by Crippen LogP contribution is -3.14. The molecular weight excluding hydrogens is 126 g/mol. The number of aliphatic hydroxyl groups is 1. The Morgan fingerprint density at radius 1 is 1.40 bits per heavy atom. The number of aliphatic hydroxyl groups excluding tert-OH is 1. The number of hydrogen-bond donors (Lipinski definition) is 2. The maximum atomic E-state index is 9.45. The van der Waals surface area contributed by atoms with Crippen molar-refractivity contribution in [2.45, 2.75) is 32.4 Å². The van der Waals surface area contributed by atoms with Gasteiger partial charge in [-0.25, -0.2) is 0 Å². The highest BCUT2D eigenvalue weighted by atomic mass is 16.3. The van der Waals surface area contributed by atoms with Crippen molar-refractivity contribution in [3.8, 4) is 0 Å². The van der Waals surface area contributed by atoms with E-state index in [2.05, 4.69) is 20.9 Å². The molecule has 1 fully saturated rings. The Hall–Kier alpha value is -0.0800. The van der Waals surface area contributed by atoms with Crippen LogP contribution in [0.3, 0.4) is 0 Å². The average molecular weight is 144 g/mol. The fourth-order valence-corrected chi connectivity index (χ4v) is 1.64. The first-order chi connectivity index (χ1) is 4.61. The predicted molar refractivity (Wildman–Crippen MR) is 41.0 cm³/mol. The smallest absolute Gasteiger partial charge is 0.0869 e. The largest absolute Gasteiger partial charge is 0.392 e. The number of likely N-dealkylation sites (tertiary alicyclic amines) is 1. The minimum Gasteiger partial charge on any atom is -0.392 e. The van der Waals surface area contributed by atoms with Gasteiger partial charge in [-0.1, -0.05) is 6.92 Å². The molecule has 1 aliphatic rings. The molecule has 0 aromatic carbocycles. The molecular formula is C8H18NO+. The Labute approximate surface area is 62.8 Å². The molecule has 2 nitrogen and oxygen atoms in total. The van der Waals surface area contributed by atoms with Crippen LogP contribution in [-0.4, -0.2) is 30.8 Å². The van der Waals surface area contributed by atoms with Crippen molar-refractivity contribution in [3.05, 3.63) is 0 Å². The van der Waals surface area contributed by atoms with E-state index in [0.717, 1.165) is 13.0 Å². The molecule has 0 aromatic rings. The molecule has 0 amide bonds. The molecule has 2 heteroatoms. The highest BCUT2D eigenvalue weighted by Crippen LogP contribution is 2.10. The fourth-order valence-electron chi connectivity index (χ4n) is 1.64. The molecule has 0 aromatic heterocycles. The fraction of sp³-hybridized carbons (Fsp3) is 1.00. The second kappa shape index (κ2) is 2.89.